The molecule has 6 aromatic rings. The number of fused-ring (bicyclic) bond motifs is 2. The number of para-hydroxylation sites is 2. The Bertz CT molecular complexity index is 3230. The minimum Gasteiger partial charge on any atom is -0.286 e. The van der Waals surface area contributed by atoms with Crippen molar-refractivity contribution in [3.63, 3.8) is 0 Å². The van der Waals surface area contributed by atoms with Gasteiger partial charge in [0.2, 0.25) is 11.4 Å². The van der Waals surface area contributed by atoms with Crippen LogP contribution >= 0.6 is 0 Å². The van der Waals surface area contributed by atoms with E-state index in [0.717, 1.165) is 33.9 Å². The molecule has 3 aliphatic heterocycles. The summed E-state index contributed by atoms with van der Waals surface area (Å²) in [6.07, 6.45) is 9.21. The first-order chi connectivity index (χ1) is 33.8. The molecule has 0 amide bonds. The average molecular weight is 999 g/mol. The van der Waals surface area contributed by atoms with Crippen LogP contribution in [-0.4, -0.2) is 79.2 Å². The Morgan fingerprint density at radius 3 is 1.14 bits per heavy atom. The molecule has 0 bridgehead atoms. The van der Waals surface area contributed by atoms with Gasteiger partial charge in [-0.1, -0.05) is 159 Å². The topological polar surface area (TPSA) is 115 Å². The molecule has 3 heterocycles. The molecule has 0 unspecified atom stereocenters. The number of rotatable bonds is 16. The average Bonchev–Trinajstić information content (AvgIpc) is 3.81. The van der Waals surface area contributed by atoms with E-state index in [1.807, 2.05) is 24.3 Å². The van der Waals surface area contributed by atoms with Gasteiger partial charge in [-0.3, -0.25) is 9.11 Å². The molecule has 2 N–H and O–H groups in total. The third-order valence-corrected chi connectivity index (χ3v) is 19.7. The summed E-state index contributed by atoms with van der Waals surface area (Å²) in [6, 6.07) is 55.9. The lowest BCUT2D eigenvalue weighted by atomic mass is 9.81. The van der Waals surface area contributed by atoms with Crippen LogP contribution in [0.4, 0.5) is 11.4 Å². The van der Waals surface area contributed by atoms with Crippen LogP contribution in [0.1, 0.15) is 85.0 Å². The van der Waals surface area contributed by atoms with Gasteiger partial charge in [-0.05, 0) is 94.8 Å². The summed E-state index contributed by atoms with van der Waals surface area (Å²) < 4.78 is 70.1. The molecule has 0 atom stereocenters. The van der Waals surface area contributed by atoms with Crippen LogP contribution in [0.2, 0.25) is 13.1 Å². The van der Waals surface area contributed by atoms with Gasteiger partial charge in [0.15, 0.2) is 11.4 Å². The van der Waals surface area contributed by atoms with Crippen LogP contribution in [0.5, 0.6) is 0 Å². The van der Waals surface area contributed by atoms with Crippen molar-refractivity contribution < 1.29 is 35.1 Å². The molecule has 0 saturated heterocycles. The van der Waals surface area contributed by atoms with Gasteiger partial charge >= 0.3 is 0 Å². The minimum absolute atomic E-state index is 0.295. The fraction of sp³-hybridized carbons (Fsp3) is 0.233. The molecular weight excluding hydrogens is 937 g/mol. The molecule has 0 radical (unpaired) electrons. The Morgan fingerprint density at radius 1 is 0.451 bits per heavy atom. The predicted octanol–water partition coefficient (Wildman–Crippen LogP) is 12.7. The van der Waals surface area contributed by atoms with E-state index in [-0.39, 0.29) is 22.3 Å². The lowest BCUT2D eigenvalue weighted by Gasteiger charge is -2.26. The molecule has 0 saturated carbocycles. The summed E-state index contributed by atoms with van der Waals surface area (Å²) in [4.78, 5) is 0. The van der Waals surface area contributed by atoms with Crippen LogP contribution < -0.4 is 0 Å². The molecule has 362 valence electrons. The molecule has 0 aromatic heterocycles. The van der Waals surface area contributed by atoms with Crippen molar-refractivity contribution in [2.45, 2.75) is 64.5 Å². The quantitative estimate of drug-likeness (QED) is 0.0567. The van der Waals surface area contributed by atoms with Gasteiger partial charge in [0, 0.05) is 48.3 Å². The van der Waals surface area contributed by atoms with E-state index < -0.39 is 28.3 Å². The van der Waals surface area contributed by atoms with Crippen LogP contribution in [0.3, 0.4) is 0 Å². The van der Waals surface area contributed by atoms with E-state index in [4.69, 9.17) is 0 Å². The van der Waals surface area contributed by atoms with Gasteiger partial charge in [0.05, 0.1) is 22.3 Å². The third-order valence-electron chi connectivity index (χ3n) is 14.6. The maximum Gasteiger partial charge on any atom is 0.265 e. The second-order valence-electron chi connectivity index (χ2n) is 20.4. The van der Waals surface area contributed by atoms with Crippen molar-refractivity contribution in [1.29, 1.82) is 0 Å². The van der Waals surface area contributed by atoms with E-state index in [1.165, 1.54) is 54.9 Å². The molecule has 11 heteroatoms. The van der Waals surface area contributed by atoms with Gasteiger partial charge in [-0.15, -0.1) is 0 Å². The predicted molar refractivity (Wildman–Crippen MR) is 296 cm³/mol. The highest BCUT2D eigenvalue weighted by Crippen LogP contribution is 2.55. The lowest BCUT2D eigenvalue weighted by Crippen LogP contribution is -2.28. The van der Waals surface area contributed by atoms with Crippen molar-refractivity contribution in [3.8, 4) is 0 Å². The molecule has 0 fully saturated rings. The molecule has 3 aliphatic rings. The second-order valence-corrected chi connectivity index (χ2v) is 27.8. The number of hydrogen-bond acceptors (Lipinski definition) is 4. The molecule has 8 nitrogen and oxygen atoms in total. The first-order valence-electron chi connectivity index (χ1n) is 24.3. The van der Waals surface area contributed by atoms with E-state index in [0.29, 0.717) is 25.9 Å². The maximum atomic E-state index is 11.7. The largest absolute Gasteiger partial charge is 0.286 e. The molecule has 71 heavy (non-hydrogen) atoms. The number of benzene rings is 6. The molecule has 6 aromatic carbocycles. The van der Waals surface area contributed by atoms with E-state index in [9.17, 15) is 25.9 Å². The fourth-order valence-electron chi connectivity index (χ4n) is 11.2. The number of nitrogens with zero attached hydrogens (tertiary/aromatic N) is 2. The van der Waals surface area contributed by atoms with Crippen molar-refractivity contribution in [2.24, 2.45) is 0 Å². The maximum absolute atomic E-state index is 11.7. The highest BCUT2D eigenvalue weighted by Gasteiger charge is 2.46. The molecule has 9 rings (SSSR count). The van der Waals surface area contributed by atoms with Crippen LogP contribution in [-0.2, 0) is 31.1 Å². The fourth-order valence-corrected chi connectivity index (χ4v) is 16.0. The van der Waals surface area contributed by atoms with Crippen LogP contribution in [0.15, 0.2) is 170 Å². The van der Waals surface area contributed by atoms with E-state index >= 15 is 0 Å². The highest BCUT2D eigenvalue weighted by atomic mass is 32.2. The van der Waals surface area contributed by atoms with Gasteiger partial charge in [-0.2, -0.15) is 26.0 Å². The Labute approximate surface area is 421 Å². The summed E-state index contributed by atoms with van der Waals surface area (Å²) >= 11 is 0. The highest BCUT2D eigenvalue weighted by molar-refractivity contribution is 7.86. The first-order valence-corrected chi connectivity index (χ1v) is 30.5. The number of hydrogen-bond donors (Lipinski definition) is 2. The SMILES string of the molecule is CC1(C)C(/C=C/c2ccc(C3=C(c4ccccc4)C(c4ccccc4)=C(c4ccc(/C=C/C5=[N+](CCCS(=O)(=O)O)c6ccccc6C5(C)C)cc4)[Si]3(C)C)cc2)=[N+](CCCS(=O)(=O)O)c2ccccc21. The van der Waals surface area contributed by atoms with Crippen molar-refractivity contribution in [1.82, 2.24) is 0 Å². The smallest absolute Gasteiger partial charge is 0.265 e. The molecular formula is C60H62N2O6S2Si+2. The standard InChI is InChI=1S/C60H60N2O6S2Si/c1-59(2)49-23-13-15-25-51(49)61(39-17-41-69(63,64)65)53(59)37-31-43-27-33-47(34-28-43)57-55(45-19-9-7-10-20-45)56(46-21-11-8-12-22-46)58(71(57,5)6)48-35-29-44(30-36-48)32-38-54-60(3,4)50-24-14-16-26-52(50)62(54)40-18-42-70(66,67)68/h7-16,19-38H,17-18,39-42H2,1-6H3/p+2/b37-31+,38-32+. The Hall–Kier alpha value is -6.34. The van der Waals surface area contributed by atoms with Gasteiger partial charge in [0.1, 0.15) is 21.2 Å². The third kappa shape index (κ3) is 9.99. The summed E-state index contributed by atoms with van der Waals surface area (Å²) in [6.45, 7) is 14.7. The van der Waals surface area contributed by atoms with Crippen molar-refractivity contribution in [3.05, 3.63) is 214 Å². The van der Waals surface area contributed by atoms with Gasteiger partial charge < -0.3 is 0 Å². The molecule has 0 spiro atoms. The van der Waals surface area contributed by atoms with Crippen molar-refractivity contribution in [2.75, 3.05) is 24.6 Å². The monoisotopic (exact) mass is 998 g/mol. The minimum atomic E-state index is -4.08. The Balaban J connectivity index is 1.08. The summed E-state index contributed by atoms with van der Waals surface area (Å²) in [5, 5.41) is 2.75. The zero-order valence-corrected chi connectivity index (χ0v) is 43.9. The van der Waals surface area contributed by atoms with Crippen LogP contribution in [0.25, 0.3) is 33.7 Å². The van der Waals surface area contributed by atoms with Gasteiger partial charge in [0.25, 0.3) is 20.2 Å². The second kappa shape index (κ2) is 19.3. The van der Waals surface area contributed by atoms with E-state index in [1.54, 1.807) is 0 Å². The van der Waals surface area contributed by atoms with Crippen LogP contribution in [0, 0.1) is 0 Å². The molecule has 0 aliphatic carbocycles. The lowest BCUT2D eigenvalue weighted by molar-refractivity contribution is -0.437. The zero-order valence-electron chi connectivity index (χ0n) is 41.3. The Kier molecular flexibility index (Phi) is 13.5. The Morgan fingerprint density at radius 2 is 0.789 bits per heavy atom. The van der Waals surface area contributed by atoms with Gasteiger partial charge in [-0.25, -0.2) is 0 Å². The summed E-state index contributed by atoms with van der Waals surface area (Å²) in [5.74, 6) is -0.590. The zero-order chi connectivity index (χ0) is 50.3. The normalized spacial score (nSPS) is 17.3. The van der Waals surface area contributed by atoms with E-state index in [2.05, 4.69) is 208 Å². The summed E-state index contributed by atoms with van der Waals surface area (Å²) in [7, 11) is -10.6. The van der Waals surface area contributed by atoms with Crippen molar-refractivity contribution >= 4 is 84.8 Å². The summed E-state index contributed by atoms with van der Waals surface area (Å²) in [5.41, 5.74) is 15.3. The number of allylic oxidation sites excluding steroid dienone is 4. The first kappa shape index (κ1) is 49.6.